The van der Waals surface area contributed by atoms with Gasteiger partial charge in [-0.2, -0.15) is 0 Å². The summed E-state index contributed by atoms with van der Waals surface area (Å²) in [6.07, 6.45) is 2.54. The molecule has 0 heterocycles. The van der Waals surface area contributed by atoms with Crippen molar-refractivity contribution in [2.45, 2.75) is 59.9 Å². The lowest BCUT2D eigenvalue weighted by Gasteiger charge is -2.28. The molecule has 0 aromatic carbocycles. The molecule has 0 fully saturated rings. The minimum absolute atomic E-state index is 0.181. The van der Waals surface area contributed by atoms with E-state index in [9.17, 15) is 4.79 Å². The van der Waals surface area contributed by atoms with Gasteiger partial charge in [-0.25, -0.2) is 0 Å². The average Bonchev–Trinajstić information content (AvgIpc) is 2.15. The molecule has 0 aromatic rings. The molecule has 0 aliphatic rings. The van der Waals surface area contributed by atoms with Gasteiger partial charge < -0.3 is 10.6 Å². The van der Waals surface area contributed by atoms with Crippen molar-refractivity contribution in [2.24, 2.45) is 11.1 Å². The first-order chi connectivity index (χ1) is 7.34. The van der Waals surface area contributed by atoms with Crippen LogP contribution in [0.5, 0.6) is 0 Å². The fourth-order valence-electron chi connectivity index (χ4n) is 1.93. The van der Waals surface area contributed by atoms with Crippen LogP contribution in [0.25, 0.3) is 0 Å². The highest BCUT2D eigenvalue weighted by Gasteiger charge is 2.21. The molecule has 0 atom stereocenters. The quantitative estimate of drug-likeness (QED) is 0.727. The molecule has 1 amide bonds. The van der Waals surface area contributed by atoms with Crippen molar-refractivity contribution < 1.29 is 4.79 Å². The van der Waals surface area contributed by atoms with Crippen molar-refractivity contribution in [1.29, 1.82) is 0 Å². The predicted octanol–water partition coefficient (Wildman–Crippen LogP) is 2.40. The van der Waals surface area contributed by atoms with Crippen LogP contribution in [0, 0.1) is 5.41 Å². The summed E-state index contributed by atoms with van der Waals surface area (Å²) in [5, 5.41) is 0. The molecule has 96 valence electrons. The van der Waals surface area contributed by atoms with E-state index < -0.39 is 0 Å². The largest absolute Gasteiger partial charge is 0.341 e. The summed E-state index contributed by atoms with van der Waals surface area (Å²) in [5.74, 6) is 0.266. The van der Waals surface area contributed by atoms with Crippen LogP contribution in [0.1, 0.15) is 53.9 Å². The highest BCUT2D eigenvalue weighted by Crippen LogP contribution is 2.26. The van der Waals surface area contributed by atoms with Gasteiger partial charge in [0, 0.05) is 19.0 Å². The van der Waals surface area contributed by atoms with Gasteiger partial charge in [-0.15, -0.1) is 0 Å². The maximum absolute atomic E-state index is 12.0. The zero-order valence-electron chi connectivity index (χ0n) is 11.5. The highest BCUT2D eigenvalue weighted by molar-refractivity contribution is 5.76. The Bertz CT molecular complexity index is 212. The van der Waals surface area contributed by atoms with Gasteiger partial charge in [0.2, 0.25) is 5.91 Å². The molecule has 0 bridgehead atoms. The monoisotopic (exact) mass is 228 g/mol. The standard InChI is InChI=1S/C13H28N2O/c1-6-15(11(2)3)12(16)7-8-13(4,5)9-10-14/h11H,6-10,14H2,1-5H3. The Labute approximate surface area is 100 Å². The number of amides is 1. The molecule has 0 radical (unpaired) electrons. The van der Waals surface area contributed by atoms with Gasteiger partial charge in [-0.1, -0.05) is 13.8 Å². The van der Waals surface area contributed by atoms with Crippen molar-refractivity contribution in [3.05, 3.63) is 0 Å². The molecule has 0 unspecified atom stereocenters. The number of hydrogen-bond donors (Lipinski definition) is 1. The van der Waals surface area contributed by atoms with Crippen LogP contribution in [0.3, 0.4) is 0 Å². The van der Waals surface area contributed by atoms with Crippen molar-refractivity contribution in [3.8, 4) is 0 Å². The predicted molar refractivity (Wildman–Crippen MR) is 69.2 cm³/mol. The second-order valence-electron chi connectivity index (χ2n) is 5.48. The van der Waals surface area contributed by atoms with E-state index in [-0.39, 0.29) is 11.3 Å². The minimum atomic E-state index is 0.181. The molecular formula is C13H28N2O. The first kappa shape index (κ1) is 15.4. The van der Waals surface area contributed by atoms with E-state index >= 15 is 0 Å². The van der Waals surface area contributed by atoms with Crippen LogP contribution in [0.15, 0.2) is 0 Å². The average molecular weight is 228 g/mol. The maximum Gasteiger partial charge on any atom is 0.222 e. The lowest BCUT2D eigenvalue weighted by molar-refractivity contribution is -0.133. The highest BCUT2D eigenvalue weighted by atomic mass is 16.2. The van der Waals surface area contributed by atoms with Gasteiger partial charge in [0.25, 0.3) is 0 Å². The lowest BCUT2D eigenvalue weighted by atomic mass is 9.84. The summed E-state index contributed by atoms with van der Waals surface area (Å²) >= 11 is 0. The molecule has 0 saturated heterocycles. The third-order valence-electron chi connectivity index (χ3n) is 3.12. The topological polar surface area (TPSA) is 46.3 Å². The molecule has 0 aromatic heterocycles. The van der Waals surface area contributed by atoms with Crippen LogP contribution in [-0.4, -0.2) is 29.9 Å². The first-order valence-electron chi connectivity index (χ1n) is 6.33. The number of nitrogens with zero attached hydrogens (tertiary/aromatic N) is 1. The summed E-state index contributed by atoms with van der Waals surface area (Å²) in [6, 6.07) is 0.301. The number of nitrogens with two attached hydrogens (primary N) is 1. The van der Waals surface area contributed by atoms with E-state index in [0.717, 1.165) is 19.4 Å². The van der Waals surface area contributed by atoms with Crippen molar-refractivity contribution >= 4 is 5.91 Å². The van der Waals surface area contributed by atoms with E-state index in [0.29, 0.717) is 19.0 Å². The minimum Gasteiger partial charge on any atom is -0.341 e. The fourth-order valence-corrected chi connectivity index (χ4v) is 1.93. The Morgan fingerprint density at radius 1 is 1.31 bits per heavy atom. The Morgan fingerprint density at radius 3 is 2.25 bits per heavy atom. The second-order valence-corrected chi connectivity index (χ2v) is 5.48. The molecule has 2 N–H and O–H groups in total. The molecule has 0 aliphatic carbocycles. The summed E-state index contributed by atoms with van der Waals surface area (Å²) in [4.78, 5) is 13.9. The Hall–Kier alpha value is -0.570. The van der Waals surface area contributed by atoms with Crippen LogP contribution >= 0.6 is 0 Å². The summed E-state index contributed by atoms with van der Waals surface area (Å²) in [7, 11) is 0. The first-order valence-corrected chi connectivity index (χ1v) is 6.33. The van der Waals surface area contributed by atoms with E-state index in [4.69, 9.17) is 5.73 Å². The molecule has 0 spiro atoms. The van der Waals surface area contributed by atoms with Gasteiger partial charge in [0.1, 0.15) is 0 Å². The van der Waals surface area contributed by atoms with E-state index in [1.54, 1.807) is 0 Å². The molecule has 0 rings (SSSR count). The molecule has 16 heavy (non-hydrogen) atoms. The van der Waals surface area contributed by atoms with E-state index in [1.807, 2.05) is 11.8 Å². The third-order valence-corrected chi connectivity index (χ3v) is 3.12. The Balaban J connectivity index is 4.15. The zero-order valence-corrected chi connectivity index (χ0v) is 11.5. The van der Waals surface area contributed by atoms with Crippen molar-refractivity contribution in [1.82, 2.24) is 4.90 Å². The van der Waals surface area contributed by atoms with Crippen LogP contribution < -0.4 is 5.73 Å². The molecule has 0 saturated carbocycles. The summed E-state index contributed by atoms with van der Waals surface area (Å²) in [5.41, 5.74) is 5.74. The van der Waals surface area contributed by atoms with Crippen molar-refractivity contribution in [2.75, 3.05) is 13.1 Å². The molecule has 3 nitrogen and oxygen atoms in total. The van der Waals surface area contributed by atoms with Gasteiger partial charge in [0.15, 0.2) is 0 Å². The van der Waals surface area contributed by atoms with Gasteiger partial charge in [-0.05, 0) is 45.6 Å². The van der Waals surface area contributed by atoms with Crippen LogP contribution in [0.4, 0.5) is 0 Å². The molecular weight excluding hydrogens is 200 g/mol. The molecule has 0 aliphatic heterocycles. The molecule has 3 heteroatoms. The third kappa shape index (κ3) is 5.50. The maximum atomic E-state index is 12.0. The Kier molecular flexibility index (Phi) is 6.65. The lowest BCUT2D eigenvalue weighted by Crippen LogP contribution is -2.37. The SMILES string of the molecule is CCN(C(=O)CCC(C)(C)CCN)C(C)C. The van der Waals surface area contributed by atoms with E-state index in [2.05, 4.69) is 27.7 Å². The normalized spacial score (nSPS) is 11.9. The second kappa shape index (κ2) is 6.89. The van der Waals surface area contributed by atoms with E-state index in [1.165, 1.54) is 0 Å². The zero-order chi connectivity index (χ0) is 12.8. The smallest absolute Gasteiger partial charge is 0.222 e. The van der Waals surface area contributed by atoms with Gasteiger partial charge >= 0.3 is 0 Å². The van der Waals surface area contributed by atoms with Crippen LogP contribution in [0.2, 0.25) is 0 Å². The fraction of sp³-hybridized carbons (Fsp3) is 0.923. The van der Waals surface area contributed by atoms with Crippen molar-refractivity contribution in [3.63, 3.8) is 0 Å². The van der Waals surface area contributed by atoms with Gasteiger partial charge in [-0.3, -0.25) is 4.79 Å². The van der Waals surface area contributed by atoms with Gasteiger partial charge in [0.05, 0.1) is 0 Å². The summed E-state index contributed by atoms with van der Waals surface area (Å²) in [6.45, 7) is 12.0. The van der Waals surface area contributed by atoms with Crippen LogP contribution in [-0.2, 0) is 4.79 Å². The number of hydrogen-bond acceptors (Lipinski definition) is 2. The number of carbonyl (C=O) groups is 1. The number of rotatable bonds is 7. The summed E-state index contributed by atoms with van der Waals surface area (Å²) < 4.78 is 0. The Morgan fingerprint density at radius 2 is 1.88 bits per heavy atom. The number of carbonyl (C=O) groups excluding carboxylic acids is 1.